The normalized spacial score (nSPS) is 8.00. The van der Waals surface area contributed by atoms with Crippen molar-refractivity contribution in [3.05, 3.63) is 11.5 Å². The van der Waals surface area contributed by atoms with Crippen LogP contribution in [0.5, 0.6) is 0 Å². The lowest BCUT2D eigenvalue weighted by atomic mass is 10.3. The van der Waals surface area contributed by atoms with E-state index in [2.05, 4.69) is 20.9 Å². The Balaban J connectivity index is 0. The topological polar surface area (TPSA) is 128 Å². The number of ether oxygens (including phenoxy) is 2. The maximum atomic E-state index is 9.00. The molecule has 7 heteroatoms. The molecular formula is C7H16N2O5. The Hall–Kier alpha value is -1.47. The minimum Gasteiger partial charge on any atom is -0.469 e. The lowest BCUT2D eigenvalue weighted by molar-refractivity contribution is 0.0814. The van der Waals surface area contributed by atoms with E-state index in [-0.39, 0.29) is 19.2 Å². The van der Waals surface area contributed by atoms with Crippen molar-refractivity contribution in [1.82, 2.24) is 0 Å². The number of methoxy groups -OCH3 is 2. The van der Waals surface area contributed by atoms with Crippen LogP contribution < -0.4 is 11.5 Å². The second kappa shape index (κ2) is 9.62. The van der Waals surface area contributed by atoms with Gasteiger partial charge in [-0.15, -0.1) is 0 Å². The number of amides is 2. The summed E-state index contributed by atoms with van der Waals surface area (Å²) >= 11 is 0. The zero-order chi connectivity index (χ0) is 11.6. The number of aliphatic hydroxyl groups is 2. The van der Waals surface area contributed by atoms with Gasteiger partial charge in [0.2, 0.25) is 0 Å². The molecule has 0 spiro atoms. The molecule has 0 radical (unpaired) electrons. The number of rotatable bonds is 4. The van der Waals surface area contributed by atoms with Crippen molar-refractivity contribution in [2.75, 3.05) is 27.4 Å². The van der Waals surface area contributed by atoms with E-state index in [0.29, 0.717) is 5.57 Å². The predicted molar refractivity (Wildman–Crippen MR) is 49.0 cm³/mol. The highest BCUT2D eigenvalue weighted by Crippen LogP contribution is 2.03. The summed E-state index contributed by atoms with van der Waals surface area (Å²) in [5.74, 6) is 0.171. The number of carbonyl (C=O) groups is 1. The summed E-state index contributed by atoms with van der Waals surface area (Å²) in [6.45, 7) is -0.513. The number of hydrogen-bond donors (Lipinski definition) is 4. The number of urea groups is 1. The minimum atomic E-state index is -0.833. The summed E-state index contributed by atoms with van der Waals surface area (Å²) in [5.41, 5.74) is 8.84. The average Bonchev–Trinajstić information content (AvgIpc) is 2.13. The van der Waals surface area contributed by atoms with Crippen LogP contribution in [-0.2, 0) is 9.47 Å². The highest BCUT2D eigenvalue weighted by molar-refractivity contribution is 5.69. The molecule has 14 heavy (non-hydrogen) atoms. The standard InChI is InChI=1S/C6H12O4.CH4N2O/c1-9-6(10-2)5(3-7)4-8;2-1(3)4/h7-8H,3-4H2,1-2H3;(H4,2,3,4). The molecule has 0 fully saturated rings. The van der Waals surface area contributed by atoms with Crippen LogP contribution in [-0.4, -0.2) is 43.7 Å². The van der Waals surface area contributed by atoms with Gasteiger partial charge in [0.1, 0.15) is 0 Å². The van der Waals surface area contributed by atoms with Gasteiger partial charge < -0.3 is 31.2 Å². The first-order chi connectivity index (χ1) is 6.53. The van der Waals surface area contributed by atoms with Crippen molar-refractivity contribution in [1.29, 1.82) is 0 Å². The molecule has 7 nitrogen and oxygen atoms in total. The smallest absolute Gasteiger partial charge is 0.309 e. The molecule has 0 saturated heterocycles. The number of aliphatic hydroxyl groups excluding tert-OH is 2. The molecule has 6 N–H and O–H groups in total. The lowest BCUT2D eigenvalue weighted by Gasteiger charge is -2.07. The van der Waals surface area contributed by atoms with Gasteiger partial charge in [0.05, 0.1) is 33.0 Å². The summed E-state index contributed by atoms with van der Waals surface area (Å²) in [5, 5.41) is 17.2. The van der Waals surface area contributed by atoms with Gasteiger partial charge >= 0.3 is 6.03 Å². The SMILES string of the molecule is COC(OC)=C(CO)CO.NC(N)=O. The molecule has 0 aliphatic rings. The van der Waals surface area contributed by atoms with Crippen LogP contribution in [0.25, 0.3) is 0 Å². The molecule has 0 heterocycles. The minimum absolute atomic E-state index is 0.171. The first kappa shape index (κ1) is 15.0. The van der Waals surface area contributed by atoms with E-state index >= 15 is 0 Å². The fourth-order valence-corrected chi connectivity index (χ4v) is 0.551. The van der Waals surface area contributed by atoms with Crippen molar-refractivity contribution in [3.63, 3.8) is 0 Å². The highest BCUT2D eigenvalue weighted by Gasteiger charge is 2.04. The van der Waals surface area contributed by atoms with Crippen molar-refractivity contribution in [2.24, 2.45) is 11.5 Å². The van der Waals surface area contributed by atoms with Crippen molar-refractivity contribution in [3.8, 4) is 0 Å². The highest BCUT2D eigenvalue weighted by atomic mass is 16.7. The summed E-state index contributed by atoms with van der Waals surface area (Å²) in [7, 11) is 2.81. The molecule has 0 aromatic carbocycles. The van der Waals surface area contributed by atoms with E-state index in [9.17, 15) is 0 Å². The van der Waals surface area contributed by atoms with E-state index < -0.39 is 6.03 Å². The maximum Gasteiger partial charge on any atom is 0.309 e. The van der Waals surface area contributed by atoms with Crippen LogP contribution in [0.4, 0.5) is 4.79 Å². The van der Waals surface area contributed by atoms with Gasteiger partial charge in [-0.2, -0.15) is 0 Å². The van der Waals surface area contributed by atoms with Crippen LogP contribution in [0.2, 0.25) is 0 Å². The molecule has 0 aliphatic carbocycles. The Morgan fingerprint density at radius 1 is 1.14 bits per heavy atom. The van der Waals surface area contributed by atoms with Crippen LogP contribution >= 0.6 is 0 Å². The molecule has 0 bridgehead atoms. The first-order valence-corrected chi connectivity index (χ1v) is 3.60. The van der Waals surface area contributed by atoms with Crippen LogP contribution in [0.1, 0.15) is 0 Å². The second-order valence-corrected chi connectivity index (χ2v) is 2.02. The van der Waals surface area contributed by atoms with E-state index in [0.717, 1.165) is 0 Å². The van der Waals surface area contributed by atoms with Gasteiger partial charge in [-0.25, -0.2) is 4.79 Å². The lowest BCUT2D eigenvalue weighted by Crippen LogP contribution is -2.18. The Labute approximate surface area is 81.9 Å². The van der Waals surface area contributed by atoms with Gasteiger partial charge in [0.15, 0.2) is 0 Å². The predicted octanol–water partition coefficient (Wildman–Crippen LogP) is -1.50. The first-order valence-electron chi connectivity index (χ1n) is 3.60. The summed E-state index contributed by atoms with van der Waals surface area (Å²) in [6, 6.07) is -0.833. The quantitative estimate of drug-likeness (QED) is 0.418. The van der Waals surface area contributed by atoms with Gasteiger partial charge in [0, 0.05) is 0 Å². The van der Waals surface area contributed by atoms with Crippen molar-refractivity contribution >= 4 is 6.03 Å². The third kappa shape index (κ3) is 8.62. The third-order valence-corrected chi connectivity index (χ3v) is 1.04. The average molecular weight is 208 g/mol. The maximum absolute atomic E-state index is 9.00. The second-order valence-electron chi connectivity index (χ2n) is 2.02. The Bertz CT molecular complexity index is 163. The van der Waals surface area contributed by atoms with Gasteiger partial charge in [0.25, 0.3) is 5.95 Å². The zero-order valence-corrected chi connectivity index (χ0v) is 8.19. The molecule has 0 rings (SSSR count). The Morgan fingerprint density at radius 3 is 1.50 bits per heavy atom. The van der Waals surface area contributed by atoms with E-state index in [1.165, 1.54) is 14.2 Å². The van der Waals surface area contributed by atoms with Crippen molar-refractivity contribution < 1.29 is 24.5 Å². The van der Waals surface area contributed by atoms with Crippen LogP contribution in [0.15, 0.2) is 11.5 Å². The molecule has 0 aromatic rings. The molecule has 2 amide bonds. The number of carbonyl (C=O) groups excluding carboxylic acids is 1. The Kier molecular flexibility index (Phi) is 10.3. The summed E-state index contributed by atoms with van der Waals surface area (Å²) < 4.78 is 9.36. The largest absolute Gasteiger partial charge is 0.469 e. The number of hydrogen-bond acceptors (Lipinski definition) is 5. The molecule has 0 aromatic heterocycles. The number of nitrogens with two attached hydrogens (primary N) is 2. The summed E-state index contributed by atoms with van der Waals surface area (Å²) in [4.78, 5) is 9.00. The van der Waals surface area contributed by atoms with E-state index in [1.807, 2.05) is 0 Å². The van der Waals surface area contributed by atoms with E-state index in [4.69, 9.17) is 15.0 Å². The fourth-order valence-electron chi connectivity index (χ4n) is 0.551. The summed E-state index contributed by atoms with van der Waals surface area (Å²) in [6.07, 6.45) is 0. The molecule has 84 valence electrons. The molecule has 0 aliphatic heterocycles. The number of primary amides is 2. The van der Waals surface area contributed by atoms with Gasteiger partial charge in [-0.1, -0.05) is 0 Å². The zero-order valence-electron chi connectivity index (χ0n) is 8.19. The van der Waals surface area contributed by atoms with Crippen molar-refractivity contribution in [2.45, 2.75) is 0 Å². The fraction of sp³-hybridized carbons (Fsp3) is 0.571. The molecular weight excluding hydrogens is 192 g/mol. The Morgan fingerprint density at radius 2 is 1.43 bits per heavy atom. The monoisotopic (exact) mass is 208 g/mol. The molecule has 0 atom stereocenters. The molecule has 0 saturated carbocycles. The van der Waals surface area contributed by atoms with Gasteiger partial charge in [-0.3, -0.25) is 0 Å². The van der Waals surface area contributed by atoms with Gasteiger partial charge in [-0.05, 0) is 0 Å². The van der Waals surface area contributed by atoms with Crippen LogP contribution in [0.3, 0.4) is 0 Å². The third-order valence-electron chi connectivity index (χ3n) is 1.04. The van der Waals surface area contributed by atoms with Crippen LogP contribution in [0, 0.1) is 0 Å². The molecule has 0 unspecified atom stereocenters. The van der Waals surface area contributed by atoms with E-state index in [1.54, 1.807) is 0 Å².